The molecule has 3 rings (SSSR count). The second kappa shape index (κ2) is 4.76. The smallest absolute Gasteiger partial charge is 0.326 e. The lowest BCUT2D eigenvalue weighted by atomic mass is 9.94. The van der Waals surface area contributed by atoms with E-state index in [1.807, 2.05) is 24.3 Å². The number of benzene rings is 1. The van der Waals surface area contributed by atoms with E-state index in [2.05, 4.69) is 15.4 Å². The third-order valence-corrected chi connectivity index (χ3v) is 3.43. The van der Waals surface area contributed by atoms with Crippen LogP contribution >= 0.6 is 0 Å². The van der Waals surface area contributed by atoms with Crippen LogP contribution in [0.3, 0.4) is 0 Å². The molecule has 7 heteroatoms. The van der Waals surface area contributed by atoms with E-state index in [4.69, 9.17) is 0 Å². The van der Waals surface area contributed by atoms with Crippen molar-refractivity contribution in [3.63, 3.8) is 0 Å². The van der Waals surface area contributed by atoms with Gasteiger partial charge in [-0.2, -0.15) is 15.4 Å². The minimum absolute atomic E-state index is 0.121. The second-order valence-electron chi connectivity index (χ2n) is 4.62. The van der Waals surface area contributed by atoms with E-state index in [1.54, 1.807) is 0 Å². The predicted molar refractivity (Wildman–Crippen MR) is 67.8 cm³/mol. The molecule has 7 nitrogen and oxygen atoms in total. The summed E-state index contributed by atoms with van der Waals surface area (Å²) in [6.45, 7) is 0.263. The van der Waals surface area contributed by atoms with Gasteiger partial charge in [-0.05, 0) is 11.1 Å². The van der Waals surface area contributed by atoms with E-state index >= 15 is 0 Å². The molecule has 0 saturated heterocycles. The summed E-state index contributed by atoms with van der Waals surface area (Å²) in [5, 5.41) is 19.0. The molecule has 1 aromatic heterocycles. The van der Waals surface area contributed by atoms with Crippen LogP contribution in [0, 0.1) is 0 Å². The molecule has 20 heavy (non-hydrogen) atoms. The van der Waals surface area contributed by atoms with Crippen molar-refractivity contribution in [1.29, 1.82) is 0 Å². The van der Waals surface area contributed by atoms with Gasteiger partial charge in [-0.1, -0.05) is 24.3 Å². The van der Waals surface area contributed by atoms with Gasteiger partial charge >= 0.3 is 5.97 Å². The molecule has 0 bridgehead atoms. The Morgan fingerprint density at radius 2 is 2.05 bits per heavy atom. The number of hydrogen-bond donors (Lipinski definition) is 2. The fourth-order valence-electron chi connectivity index (χ4n) is 2.41. The number of carbonyl (C=O) groups is 2. The summed E-state index contributed by atoms with van der Waals surface area (Å²) in [7, 11) is 0. The number of carboxylic acid groups (broad SMARTS) is 1. The number of rotatable bonds is 2. The van der Waals surface area contributed by atoms with Crippen LogP contribution in [0.25, 0.3) is 0 Å². The zero-order valence-corrected chi connectivity index (χ0v) is 10.5. The summed E-state index contributed by atoms with van der Waals surface area (Å²) in [6, 6.07) is 6.65. The monoisotopic (exact) mass is 272 g/mol. The largest absolute Gasteiger partial charge is 0.480 e. The van der Waals surface area contributed by atoms with Crippen molar-refractivity contribution in [1.82, 2.24) is 20.3 Å². The molecule has 1 amide bonds. The summed E-state index contributed by atoms with van der Waals surface area (Å²) in [5.74, 6) is -1.45. The normalized spacial score (nSPS) is 17.6. The maximum absolute atomic E-state index is 12.3. The van der Waals surface area contributed by atoms with E-state index in [9.17, 15) is 14.7 Å². The Morgan fingerprint density at radius 1 is 1.30 bits per heavy atom. The number of H-pyrrole nitrogens is 1. The lowest BCUT2D eigenvalue weighted by Crippen LogP contribution is -2.48. The first kappa shape index (κ1) is 12.3. The van der Waals surface area contributed by atoms with Crippen LogP contribution < -0.4 is 0 Å². The average Bonchev–Trinajstić information content (AvgIpc) is 2.99. The molecule has 0 aliphatic carbocycles. The molecule has 1 aliphatic heterocycles. The average molecular weight is 272 g/mol. The number of aromatic nitrogens is 3. The highest BCUT2D eigenvalue weighted by Crippen LogP contribution is 2.24. The van der Waals surface area contributed by atoms with E-state index in [0.717, 1.165) is 11.1 Å². The third-order valence-electron chi connectivity index (χ3n) is 3.43. The van der Waals surface area contributed by atoms with Gasteiger partial charge in [0.05, 0.1) is 6.20 Å². The molecule has 102 valence electrons. The third kappa shape index (κ3) is 2.03. The van der Waals surface area contributed by atoms with Gasteiger partial charge in [0.2, 0.25) is 0 Å². The summed E-state index contributed by atoms with van der Waals surface area (Å²) >= 11 is 0. The zero-order valence-electron chi connectivity index (χ0n) is 10.5. The zero-order chi connectivity index (χ0) is 14.1. The van der Waals surface area contributed by atoms with Crippen LogP contribution in [-0.4, -0.2) is 43.3 Å². The minimum Gasteiger partial charge on any atom is -0.480 e. The number of amides is 1. The fourth-order valence-corrected chi connectivity index (χ4v) is 2.41. The Bertz CT molecular complexity index is 653. The van der Waals surface area contributed by atoms with Gasteiger partial charge in [0.1, 0.15) is 6.04 Å². The molecule has 1 unspecified atom stereocenters. The molecule has 0 spiro atoms. The highest BCUT2D eigenvalue weighted by molar-refractivity contribution is 5.95. The highest BCUT2D eigenvalue weighted by Gasteiger charge is 2.35. The molecule has 2 N–H and O–H groups in total. The maximum Gasteiger partial charge on any atom is 0.326 e. The number of carboxylic acids is 1. The van der Waals surface area contributed by atoms with Gasteiger partial charge < -0.3 is 10.0 Å². The van der Waals surface area contributed by atoms with Crippen LogP contribution in [0.1, 0.15) is 21.6 Å². The number of aromatic amines is 1. The topological polar surface area (TPSA) is 99.2 Å². The standard InChI is InChI=1S/C13H12N4O3/c18-12(10-6-14-16-15-10)17-7-9-4-2-1-3-8(9)5-11(17)13(19)20/h1-4,6,11H,5,7H2,(H,19,20)(H,14,15,16). The quantitative estimate of drug-likeness (QED) is 0.827. The van der Waals surface area contributed by atoms with Crippen molar-refractivity contribution in [2.24, 2.45) is 0 Å². The first-order valence-corrected chi connectivity index (χ1v) is 6.13. The first-order valence-electron chi connectivity index (χ1n) is 6.13. The molecule has 2 aromatic rings. The van der Waals surface area contributed by atoms with Gasteiger partial charge in [-0.3, -0.25) is 4.79 Å². The van der Waals surface area contributed by atoms with Gasteiger partial charge in [-0.15, -0.1) is 0 Å². The Labute approximate surface area is 114 Å². The molecule has 0 fully saturated rings. The molecule has 0 saturated carbocycles. The number of carbonyl (C=O) groups excluding carboxylic acids is 1. The van der Waals surface area contributed by atoms with Crippen molar-refractivity contribution in [2.45, 2.75) is 19.0 Å². The lowest BCUT2D eigenvalue weighted by molar-refractivity contribution is -0.142. The van der Waals surface area contributed by atoms with E-state index in [-0.39, 0.29) is 12.2 Å². The molecular formula is C13H12N4O3. The number of nitrogens with zero attached hydrogens (tertiary/aromatic N) is 3. The summed E-state index contributed by atoms with van der Waals surface area (Å²) in [4.78, 5) is 25.1. The van der Waals surface area contributed by atoms with Crippen molar-refractivity contribution in [3.05, 3.63) is 47.3 Å². The number of fused-ring (bicyclic) bond motifs is 1. The van der Waals surface area contributed by atoms with Crippen molar-refractivity contribution < 1.29 is 14.7 Å². The summed E-state index contributed by atoms with van der Waals surface area (Å²) < 4.78 is 0. The molecule has 0 radical (unpaired) electrons. The van der Waals surface area contributed by atoms with Gasteiger partial charge in [0.15, 0.2) is 5.69 Å². The molecular weight excluding hydrogens is 260 g/mol. The fraction of sp³-hybridized carbons (Fsp3) is 0.231. The maximum atomic E-state index is 12.3. The van der Waals surface area contributed by atoms with Crippen LogP contribution in [0.5, 0.6) is 0 Å². The van der Waals surface area contributed by atoms with E-state index < -0.39 is 17.9 Å². The summed E-state index contributed by atoms with van der Waals surface area (Å²) in [6.07, 6.45) is 1.59. The van der Waals surface area contributed by atoms with Crippen LogP contribution in [-0.2, 0) is 17.8 Å². The Morgan fingerprint density at radius 3 is 2.70 bits per heavy atom. The minimum atomic E-state index is -1.02. The second-order valence-corrected chi connectivity index (χ2v) is 4.62. The van der Waals surface area contributed by atoms with Gasteiger partial charge in [-0.25, -0.2) is 4.79 Å². The Hall–Kier alpha value is -2.70. The Balaban J connectivity index is 1.96. The predicted octanol–water partition coefficient (Wildman–Crippen LogP) is 0.456. The van der Waals surface area contributed by atoms with Crippen LogP contribution in [0.15, 0.2) is 30.5 Å². The van der Waals surface area contributed by atoms with Crippen LogP contribution in [0.2, 0.25) is 0 Å². The van der Waals surface area contributed by atoms with Crippen LogP contribution in [0.4, 0.5) is 0 Å². The van der Waals surface area contributed by atoms with Gasteiger partial charge in [0.25, 0.3) is 5.91 Å². The van der Waals surface area contributed by atoms with Crippen molar-refractivity contribution in [2.75, 3.05) is 0 Å². The Kier molecular flexibility index (Phi) is 2.94. The highest BCUT2D eigenvalue weighted by atomic mass is 16.4. The first-order chi connectivity index (χ1) is 9.66. The molecule has 2 heterocycles. The van der Waals surface area contributed by atoms with Crippen molar-refractivity contribution >= 4 is 11.9 Å². The summed E-state index contributed by atoms with van der Waals surface area (Å²) in [5.41, 5.74) is 2.04. The van der Waals surface area contributed by atoms with E-state index in [0.29, 0.717) is 6.42 Å². The number of nitrogens with one attached hydrogen (secondary N) is 1. The molecule has 1 aromatic carbocycles. The lowest BCUT2D eigenvalue weighted by Gasteiger charge is -2.33. The van der Waals surface area contributed by atoms with Crippen molar-refractivity contribution in [3.8, 4) is 0 Å². The van der Waals surface area contributed by atoms with E-state index in [1.165, 1.54) is 11.1 Å². The molecule has 1 aliphatic rings. The number of aliphatic carboxylic acids is 1. The molecule has 1 atom stereocenters. The number of hydrogen-bond acceptors (Lipinski definition) is 4. The SMILES string of the molecule is O=C(O)C1Cc2ccccc2CN1C(=O)c1cn[nH]n1. The van der Waals surface area contributed by atoms with Gasteiger partial charge in [0, 0.05) is 13.0 Å².